The van der Waals surface area contributed by atoms with E-state index in [-0.39, 0.29) is 29.9 Å². The average molecular weight is 804 g/mol. The van der Waals surface area contributed by atoms with Gasteiger partial charge in [0.15, 0.2) is 17.3 Å². The number of hydrogen-bond acceptors (Lipinski definition) is 8. The van der Waals surface area contributed by atoms with Crippen molar-refractivity contribution in [2.75, 3.05) is 17.4 Å². The first kappa shape index (κ1) is 37.3. The molecule has 0 spiro atoms. The molecule has 3 fully saturated rings. The van der Waals surface area contributed by atoms with Gasteiger partial charge in [-0.25, -0.2) is 4.98 Å². The van der Waals surface area contributed by atoms with Crippen LogP contribution < -0.4 is 15.1 Å². The normalized spacial score (nSPS) is 25.8. The lowest BCUT2D eigenvalue weighted by atomic mass is 9.49. The minimum Gasteiger partial charge on any atom is -0.504 e. The summed E-state index contributed by atoms with van der Waals surface area (Å²) < 4.78 is 46.0. The molecule has 0 unspecified atom stereocenters. The van der Waals surface area contributed by atoms with Crippen LogP contribution in [-0.4, -0.2) is 45.8 Å². The Morgan fingerprint density at radius 2 is 1.70 bits per heavy atom. The quantitative estimate of drug-likeness (QED) is 0.142. The molecule has 0 bridgehead atoms. The number of hydrazine groups is 1. The maximum absolute atomic E-state index is 15.3. The van der Waals surface area contributed by atoms with Crippen molar-refractivity contribution in [3.63, 3.8) is 0 Å². The number of benzene rings is 3. The Hall–Kier alpha value is -5.66. The fraction of sp³-hybridized carbons (Fsp3) is 0.244. The molecule has 0 radical (unpaired) electrons. The van der Waals surface area contributed by atoms with Crippen molar-refractivity contribution in [3.8, 4) is 11.5 Å². The molecule has 8 rings (SSSR count). The van der Waals surface area contributed by atoms with E-state index >= 15 is 4.79 Å². The van der Waals surface area contributed by atoms with E-state index in [1.54, 1.807) is 66.7 Å². The van der Waals surface area contributed by atoms with Crippen molar-refractivity contribution in [2.45, 2.75) is 30.4 Å². The average Bonchev–Trinajstić information content (AvgIpc) is 3.56. The summed E-state index contributed by atoms with van der Waals surface area (Å²) >= 11 is 12.6. The van der Waals surface area contributed by atoms with E-state index in [9.17, 15) is 32.7 Å². The fourth-order valence-electron chi connectivity index (χ4n) is 9.08. The highest BCUT2D eigenvalue weighted by Gasteiger charge is 2.71. The molecule has 4 aromatic rings. The minimum absolute atomic E-state index is 0.0791. The number of nitrogens with one attached hydrogen (secondary N) is 1. The number of phenolic OH excluding ortho intramolecular Hbond substituents is 1. The number of imide groups is 2. The van der Waals surface area contributed by atoms with E-state index in [0.717, 1.165) is 10.5 Å². The number of pyridine rings is 1. The van der Waals surface area contributed by atoms with Gasteiger partial charge < -0.3 is 9.84 Å². The lowest BCUT2D eigenvalue weighted by molar-refractivity contribution is -0.139. The van der Waals surface area contributed by atoms with Crippen LogP contribution in [0.4, 0.5) is 24.7 Å². The lowest BCUT2D eigenvalue weighted by Gasteiger charge is -2.50. The van der Waals surface area contributed by atoms with E-state index in [1.807, 2.05) is 6.08 Å². The SMILES string of the molecule is C=Cc1ccc(N2C(=O)[C@H]3[C@H](CC=C4[C@H]3C[C@H]3C(=O)N(Nc5ncc(C(F)(F)F)cc5Cl)C(=O)[C@@]3(c3ccc(Cl)cc3)[C@H]4c3cccc(OC)c3O)C2=O)cc1. The molecular weight excluding hydrogens is 772 g/mol. The number of carbonyl (C=O) groups excluding carboxylic acids is 4. The van der Waals surface area contributed by atoms with Gasteiger partial charge in [-0.05, 0) is 66.3 Å². The van der Waals surface area contributed by atoms with E-state index in [0.29, 0.717) is 39.1 Å². The van der Waals surface area contributed by atoms with Crippen LogP contribution in [0, 0.1) is 23.7 Å². The van der Waals surface area contributed by atoms with Crippen LogP contribution in [-0.2, 0) is 30.8 Å². The standard InChI is InChI=1S/C41H31Cl2F3N4O6/c1-3-20-7-13-24(14-8-20)49-36(52)26-16-15-25-28(32(26)38(49)54)18-29-37(53)50(48-35-30(43)17-22(19-47-35)41(44,45)46)39(55)40(29,21-9-11-23(42)12-10-21)33(25)27-5-4-6-31(56-2)34(27)51/h3-15,17,19,26,28-29,32-33,51H,1,16,18H2,2H3,(H,47,48)/t26-,28+,29-,32-,33+,40+/m0/s1. The summed E-state index contributed by atoms with van der Waals surface area (Å²) in [6.07, 6.45) is -0.746. The van der Waals surface area contributed by atoms with Crippen LogP contribution in [0.15, 0.2) is 97.2 Å². The summed E-state index contributed by atoms with van der Waals surface area (Å²) in [5, 5.41) is 12.3. The second kappa shape index (κ2) is 13.5. The number of allylic oxidation sites excluding steroid dienone is 2. The highest BCUT2D eigenvalue weighted by Crippen LogP contribution is 2.65. The van der Waals surface area contributed by atoms with Crippen LogP contribution >= 0.6 is 23.2 Å². The molecule has 2 saturated heterocycles. The van der Waals surface area contributed by atoms with Crippen molar-refractivity contribution in [3.05, 3.63) is 130 Å². The molecule has 15 heteroatoms. The zero-order valence-corrected chi connectivity index (χ0v) is 30.9. The van der Waals surface area contributed by atoms with E-state index < -0.39 is 81.2 Å². The third-order valence-corrected chi connectivity index (χ3v) is 12.0. The number of carbonyl (C=O) groups is 4. The number of ether oxygens (including phenoxy) is 1. The first-order valence-corrected chi connectivity index (χ1v) is 18.3. The fourth-order valence-corrected chi connectivity index (χ4v) is 9.41. The molecule has 6 atom stereocenters. The second-order valence-corrected chi connectivity index (χ2v) is 15.0. The van der Waals surface area contributed by atoms with Gasteiger partial charge in [-0.2, -0.15) is 18.2 Å². The van der Waals surface area contributed by atoms with Gasteiger partial charge in [0.2, 0.25) is 11.8 Å². The van der Waals surface area contributed by atoms with Crippen LogP contribution in [0.5, 0.6) is 11.5 Å². The van der Waals surface area contributed by atoms with Crippen molar-refractivity contribution >= 4 is 64.4 Å². The number of amides is 4. The molecule has 3 heterocycles. The van der Waals surface area contributed by atoms with Gasteiger partial charge in [0.25, 0.3) is 11.8 Å². The van der Waals surface area contributed by atoms with Crippen molar-refractivity contribution in [1.29, 1.82) is 0 Å². The van der Waals surface area contributed by atoms with E-state index in [2.05, 4.69) is 17.0 Å². The summed E-state index contributed by atoms with van der Waals surface area (Å²) in [6, 6.07) is 18.5. The van der Waals surface area contributed by atoms with E-state index in [1.165, 1.54) is 13.2 Å². The highest BCUT2D eigenvalue weighted by molar-refractivity contribution is 6.33. The van der Waals surface area contributed by atoms with Crippen LogP contribution in [0.3, 0.4) is 0 Å². The monoisotopic (exact) mass is 802 g/mol. The number of fused-ring (bicyclic) bond motifs is 4. The van der Waals surface area contributed by atoms with Crippen molar-refractivity contribution in [2.24, 2.45) is 23.7 Å². The van der Waals surface area contributed by atoms with E-state index in [4.69, 9.17) is 27.9 Å². The van der Waals surface area contributed by atoms with Gasteiger partial charge in [0, 0.05) is 22.7 Å². The Balaban J connectivity index is 1.32. The maximum Gasteiger partial charge on any atom is 0.417 e. The van der Waals surface area contributed by atoms with Gasteiger partial charge in [0.05, 0.1) is 46.6 Å². The molecule has 4 aliphatic rings. The number of halogens is 5. The molecule has 4 amide bonds. The molecule has 3 aromatic carbocycles. The van der Waals surface area contributed by atoms with Crippen molar-refractivity contribution in [1.82, 2.24) is 9.99 Å². The number of aromatic hydroxyl groups is 1. The molecule has 56 heavy (non-hydrogen) atoms. The van der Waals surface area contributed by atoms with Gasteiger partial charge >= 0.3 is 6.18 Å². The van der Waals surface area contributed by atoms with Gasteiger partial charge in [-0.3, -0.25) is 29.5 Å². The molecule has 10 nitrogen and oxygen atoms in total. The third-order valence-electron chi connectivity index (χ3n) is 11.5. The number of para-hydroxylation sites is 1. The zero-order valence-electron chi connectivity index (χ0n) is 29.4. The largest absolute Gasteiger partial charge is 0.504 e. The Kier molecular flexibility index (Phi) is 9.00. The summed E-state index contributed by atoms with van der Waals surface area (Å²) in [4.78, 5) is 63.8. The predicted molar refractivity (Wildman–Crippen MR) is 201 cm³/mol. The van der Waals surface area contributed by atoms with Crippen LogP contribution in [0.2, 0.25) is 10.0 Å². The molecule has 2 N–H and O–H groups in total. The Morgan fingerprint density at radius 1 is 0.982 bits per heavy atom. The van der Waals surface area contributed by atoms with Gasteiger partial charge in [0.1, 0.15) is 0 Å². The summed E-state index contributed by atoms with van der Waals surface area (Å²) in [7, 11) is 1.36. The molecule has 1 saturated carbocycles. The molecule has 2 aliphatic heterocycles. The first-order chi connectivity index (χ1) is 26.7. The van der Waals surface area contributed by atoms with Gasteiger partial charge in [-0.15, -0.1) is 0 Å². The summed E-state index contributed by atoms with van der Waals surface area (Å²) in [5.41, 5.74) is 1.89. The number of alkyl halides is 3. The van der Waals surface area contributed by atoms with Crippen LogP contribution in [0.25, 0.3) is 6.08 Å². The highest BCUT2D eigenvalue weighted by atomic mass is 35.5. The Morgan fingerprint density at radius 3 is 2.34 bits per heavy atom. The molecule has 1 aromatic heterocycles. The number of phenols is 1. The smallest absolute Gasteiger partial charge is 0.417 e. The second-order valence-electron chi connectivity index (χ2n) is 14.1. The maximum atomic E-state index is 15.3. The summed E-state index contributed by atoms with van der Waals surface area (Å²) in [5.74, 6) is -7.98. The zero-order chi connectivity index (χ0) is 39.8. The minimum atomic E-state index is -4.76. The number of aromatic nitrogens is 1. The lowest BCUT2D eigenvalue weighted by Crippen LogP contribution is -2.53. The molecule has 286 valence electrons. The summed E-state index contributed by atoms with van der Waals surface area (Å²) in [6.45, 7) is 3.76. The number of rotatable bonds is 7. The number of methoxy groups -OCH3 is 1. The third kappa shape index (κ3) is 5.50. The number of nitrogens with zero attached hydrogens (tertiary/aromatic N) is 3. The molecule has 2 aliphatic carbocycles. The Labute approximate surface area is 328 Å². The number of anilines is 2. The topological polar surface area (TPSA) is 129 Å². The van der Waals surface area contributed by atoms with Crippen molar-refractivity contribution < 1.29 is 42.2 Å². The Bertz CT molecular complexity index is 2370. The number of hydrogen-bond donors (Lipinski definition) is 2. The molecular formula is C41H31Cl2F3N4O6. The predicted octanol–water partition coefficient (Wildman–Crippen LogP) is 7.95. The van der Waals surface area contributed by atoms with Gasteiger partial charge in [-0.1, -0.05) is 83.9 Å². The van der Waals surface area contributed by atoms with Crippen LogP contribution in [0.1, 0.15) is 41.0 Å². The first-order valence-electron chi connectivity index (χ1n) is 17.5.